The minimum atomic E-state index is 0.143. The van der Waals surface area contributed by atoms with Gasteiger partial charge in [0.1, 0.15) is 0 Å². The molecule has 0 unspecified atom stereocenters. The van der Waals surface area contributed by atoms with Crippen LogP contribution < -0.4 is 5.32 Å². The fraction of sp³-hybridized carbons (Fsp3) is 0.462. The predicted molar refractivity (Wildman–Crippen MR) is 64.1 cm³/mol. The maximum atomic E-state index is 11.2. The number of carbonyl (C=O) groups is 1. The molecule has 0 bridgehead atoms. The van der Waals surface area contributed by atoms with Gasteiger partial charge in [-0.25, -0.2) is 0 Å². The van der Waals surface area contributed by atoms with Gasteiger partial charge in [-0.3, -0.25) is 4.79 Å². The first-order chi connectivity index (χ1) is 7.25. The average Bonchev–Trinajstić information content (AvgIpc) is 2.41. The molecule has 1 amide bonds. The quantitative estimate of drug-likeness (QED) is 0.691. The van der Waals surface area contributed by atoms with Crippen molar-refractivity contribution in [2.45, 2.75) is 40.0 Å². The summed E-state index contributed by atoms with van der Waals surface area (Å²) >= 11 is 0. The molecule has 1 N–H and O–H groups in total. The van der Waals surface area contributed by atoms with Crippen LogP contribution in [-0.4, -0.2) is 5.91 Å². The Morgan fingerprint density at radius 2 is 1.93 bits per heavy atom. The summed E-state index contributed by atoms with van der Waals surface area (Å²) in [7, 11) is 0. The average molecular weight is 205 g/mol. The molecule has 15 heavy (non-hydrogen) atoms. The van der Waals surface area contributed by atoms with E-state index in [4.69, 9.17) is 0 Å². The highest BCUT2D eigenvalue weighted by molar-refractivity contribution is 5.92. The van der Waals surface area contributed by atoms with E-state index in [9.17, 15) is 4.79 Å². The SMILES string of the molecule is CC.Cc1ccc2c(c1)NC(=O)CCC2. The number of aryl methyl sites for hydroxylation is 2. The van der Waals surface area contributed by atoms with Crippen molar-refractivity contribution in [3.63, 3.8) is 0 Å². The van der Waals surface area contributed by atoms with Crippen LogP contribution in [-0.2, 0) is 11.2 Å². The van der Waals surface area contributed by atoms with Crippen LogP contribution in [0.1, 0.15) is 37.8 Å². The molecule has 0 spiro atoms. The first-order valence-corrected chi connectivity index (χ1v) is 5.65. The number of anilines is 1. The van der Waals surface area contributed by atoms with Gasteiger partial charge in [-0.15, -0.1) is 0 Å². The number of fused-ring (bicyclic) bond motifs is 1. The van der Waals surface area contributed by atoms with Crippen LogP contribution in [0.5, 0.6) is 0 Å². The molecule has 0 atom stereocenters. The van der Waals surface area contributed by atoms with Gasteiger partial charge in [-0.1, -0.05) is 26.0 Å². The summed E-state index contributed by atoms with van der Waals surface area (Å²) in [6.07, 6.45) is 2.62. The molecular weight excluding hydrogens is 186 g/mol. The Hall–Kier alpha value is -1.31. The number of hydrogen-bond donors (Lipinski definition) is 1. The molecular formula is C13H19NO. The Labute approximate surface area is 91.7 Å². The Balaban J connectivity index is 0.000000531. The van der Waals surface area contributed by atoms with Crippen LogP contribution in [0.2, 0.25) is 0 Å². The molecule has 0 fully saturated rings. The fourth-order valence-electron chi connectivity index (χ4n) is 1.68. The second-order valence-electron chi connectivity index (χ2n) is 3.56. The second kappa shape index (κ2) is 5.54. The first kappa shape index (κ1) is 11.8. The number of amides is 1. The molecule has 1 aliphatic heterocycles. The zero-order valence-electron chi connectivity index (χ0n) is 9.76. The molecule has 82 valence electrons. The van der Waals surface area contributed by atoms with Gasteiger partial charge in [0, 0.05) is 12.1 Å². The molecule has 1 aromatic rings. The van der Waals surface area contributed by atoms with Crippen LogP contribution in [0, 0.1) is 6.92 Å². The van der Waals surface area contributed by atoms with Crippen molar-refractivity contribution < 1.29 is 4.79 Å². The van der Waals surface area contributed by atoms with Crippen LogP contribution in [0.4, 0.5) is 5.69 Å². The summed E-state index contributed by atoms with van der Waals surface area (Å²) in [5.74, 6) is 0.143. The van der Waals surface area contributed by atoms with Crippen LogP contribution >= 0.6 is 0 Å². The number of benzene rings is 1. The van der Waals surface area contributed by atoms with Crippen molar-refractivity contribution in [3.05, 3.63) is 29.3 Å². The predicted octanol–water partition coefficient (Wildman–Crippen LogP) is 3.30. The van der Waals surface area contributed by atoms with Crippen molar-refractivity contribution in [1.29, 1.82) is 0 Å². The van der Waals surface area contributed by atoms with Crippen LogP contribution in [0.25, 0.3) is 0 Å². The molecule has 2 heteroatoms. The van der Waals surface area contributed by atoms with E-state index in [1.807, 2.05) is 26.8 Å². The maximum absolute atomic E-state index is 11.2. The fourth-order valence-corrected chi connectivity index (χ4v) is 1.68. The van der Waals surface area contributed by atoms with E-state index in [1.165, 1.54) is 11.1 Å². The molecule has 0 aromatic heterocycles. The standard InChI is InChI=1S/C11H13NO.C2H6/c1-8-5-6-9-3-2-4-11(13)12-10(9)7-8;1-2/h5-7H,2-4H2,1H3,(H,12,13);1-2H3. The van der Waals surface area contributed by atoms with Gasteiger partial charge in [-0.2, -0.15) is 0 Å². The van der Waals surface area contributed by atoms with Crippen LogP contribution in [0.3, 0.4) is 0 Å². The lowest BCUT2D eigenvalue weighted by Gasteiger charge is -2.06. The second-order valence-corrected chi connectivity index (χ2v) is 3.56. The number of nitrogens with one attached hydrogen (secondary N) is 1. The molecule has 0 saturated carbocycles. The van der Waals surface area contributed by atoms with E-state index in [0.717, 1.165) is 18.5 Å². The topological polar surface area (TPSA) is 29.1 Å². The largest absolute Gasteiger partial charge is 0.326 e. The van der Waals surface area contributed by atoms with Gasteiger partial charge in [0.25, 0.3) is 0 Å². The van der Waals surface area contributed by atoms with Gasteiger partial charge in [0.15, 0.2) is 0 Å². The molecule has 2 rings (SSSR count). The Kier molecular flexibility index (Phi) is 4.35. The molecule has 2 nitrogen and oxygen atoms in total. The van der Waals surface area contributed by atoms with Gasteiger partial charge in [0.2, 0.25) is 5.91 Å². The third-order valence-electron chi connectivity index (χ3n) is 2.39. The highest BCUT2D eigenvalue weighted by Crippen LogP contribution is 2.22. The lowest BCUT2D eigenvalue weighted by molar-refractivity contribution is -0.116. The summed E-state index contributed by atoms with van der Waals surface area (Å²) in [5.41, 5.74) is 3.46. The lowest BCUT2D eigenvalue weighted by atomic mass is 10.1. The van der Waals surface area contributed by atoms with Crippen LogP contribution in [0.15, 0.2) is 18.2 Å². The molecule has 1 aliphatic rings. The number of hydrogen-bond acceptors (Lipinski definition) is 1. The summed E-state index contributed by atoms with van der Waals surface area (Å²) in [6, 6.07) is 6.24. The Morgan fingerprint density at radius 1 is 1.20 bits per heavy atom. The van der Waals surface area contributed by atoms with Crippen molar-refractivity contribution in [2.24, 2.45) is 0 Å². The third kappa shape index (κ3) is 3.08. The zero-order chi connectivity index (χ0) is 11.3. The van der Waals surface area contributed by atoms with E-state index >= 15 is 0 Å². The van der Waals surface area contributed by atoms with Crippen molar-refractivity contribution >= 4 is 11.6 Å². The highest BCUT2D eigenvalue weighted by Gasteiger charge is 2.11. The number of rotatable bonds is 0. The first-order valence-electron chi connectivity index (χ1n) is 5.65. The van der Waals surface area contributed by atoms with Gasteiger partial charge >= 0.3 is 0 Å². The smallest absolute Gasteiger partial charge is 0.224 e. The summed E-state index contributed by atoms with van der Waals surface area (Å²) in [4.78, 5) is 11.2. The van der Waals surface area contributed by atoms with Crippen molar-refractivity contribution in [1.82, 2.24) is 0 Å². The molecule has 0 radical (unpaired) electrons. The monoisotopic (exact) mass is 205 g/mol. The van der Waals surface area contributed by atoms with Gasteiger partial charge in [-0.05, 0) is 37.0 Å². The van der Waals surface area contributed by atoms with E-state index in [-0.39, 0.29) is 5.91 Å². The molecule has 0 saturated heterocycles. The summed E-state index contributed by atoms with van der Waals surface area (Å²) < 4.78 is 0. The minimum absolute atomic E-state index is 0.143. The number of carbonyl (C=O) groups excluding carboxylic acids is 1. The van der Waals surface area contributed by atoms with Crippen molar-refractivity contribution in [3.8, 4) is 0 Å². The van der Waals surface area contributed by atoms with Gasteiger partial charge < -0.3 is 5.32 Å². The molecule has 1 heterocycles. The Morgan fingerprint density at radius 3 is 2.67 bits per heavy atom. The van der Waals surface area contributed by atoms with E-state index in [1.54, 1.807) is 0 Å². The zero-order valence-corrected chi connectivity index (χ0v) is 9.76. The normalized spacial score (nSPS) is 14.2. The van der Waals surface area contributed by atoms with E-state index in [0.29, 0.717) is 6.42 Å². The Bertz CT molecular complexity index is 344. The van der Waals surface area contributed by atoms with Crippen molar-refractivity contribution in [2.75, 3.05) is 5.32 Å². The molecule has 1 aromatic carbocycles. The van der Waals surface area contributed by atoms with E-state index < -0.39 is 0 Å². The van der Waals surface area contributed by atoms with E-state index in [2.05, 4.69) is 17.4 Å². The highest BCUT2D eigenvalue weighted by atomic mass is 16.1. The molecule has 0 aliphatic carbocycles. The summed E-state index contributed by atoms with van der Waals surface area (Å²) in [6.45, 7) is 6.04. The maximum Gasteiger partial charge on any atom is 0.224 e. The summed E-state index contributed by atoms with van der Waals surface area (Å²) in [5, 5.41) is 2.92. The third-order valence-corrected chi connectivity index (χ3v) is 2.39. The minimum Gasteiger partial charge on any atom is -0.326 e. The lowest BCUT2D eigenvalue weighted by Crippen LogP contribution is -2.09. The van der Waals surface area contributed by atoms with Gasteiger partial charge in [0.05, 0.1) is 0 Å².